The van der Waals surface area contributed by atoms with E-state index in [0.29, 0.717) is 12.2 Å². The molecule has 11 heteroatoms. The van der Waals surface area contributed by atoms with Gasteiger partial charge in [0.15, 0.2) is 6.20 Å². The van der Waals surface area contributed by atoms with Gasteiger partial charge in [0, 0.05) is 24.1 Å². The summed E-state index contributed by atoms with van der Waals surface area (Å²) in [5.41, 5.74) is -0.237. The highest BCUT2D eigenvalue weighted by molar-refractivity contribution is 5.69. The van der Waals surface area contributed by atoms with Crippen molar-refractivity contribution in [2.45, 2.75) is 32.5 Å². The van der Waals surface area contributed by atoms with Crippen LogP contribution in [0.15, 0.2) is 18.3 Å². The van der Waals surface area contributed by atoms with E-state index in [-0.39, 0.29) is 18.9 Å². The summed E-state index contributed by atoms with van der Waals surface area (Å²) in [6.45, 7) is 5.41. The van der Waals surface area contributed by atoms with Crippen LogP contribution in [-0.2, 0) is 4.74 Å². The van der Waals surface area contributed by atoms with E-state index in [4.69, 9.17) is 4.74 Å². The van der Waals surface area contributed by atoms with Crippen molar-refractivity contribution in [1.29, 1.82) is 0 Å². The molecule has 1 aliphatic rings. The molecule has 1 amide bonds. The summed E-state index contributed by atoms with van der Waals surface area (Å²) in [5.74, 6) is -0.304. The molecule has 1 atom stereocenters. The van der Waals surface area contributed by atoms with E-state index < -0.39 is 27.7 Å². The van der Waals surface area contributed by atoms with Crippen LogP contribution in [0, 0.1) is 20.2 Å². The first-order chi connectivity index (χ1) is 11.6. The van der Waals surface area contributed by atoms with Crippen LogP contribution in [0.4, 0.5) is 16.3 Å². The Morgan fingerprint density at radius 2 is 1.96 bits per heavy atom. The highest BCUT2D eigenvalue weighted by atomic mass is 16.6. The molecule has 1 aliphatic heterocycles. The van der Waals surface area contributed by atoms with E-state index in [2.05, 4.69) is 4.98 Å². The summed E-state index contributed by atoms with van der Waals surface area (Å²) < 4.78 is 5.22. The Morgan fingerprint density at radius 3 is 2.44 bits per heavy atom. The Hall–Kier alpha value is -2.98. The van der Waals surface area contributed by atoms with E-state index in [1.54, 1.807) is 25.7 Å². The van der Waals surface area contributed by atoms with Crippen molar-refractivity contribution in [3.05, 3.63) is 38.6 Å². The predicted molar refractivity (Wildman–Crippen MR) is 86.8 cm³/mol. The predicted octanol–water partition coefficient (Wildman–Crippen LogP) is 1.65. The number of aromatic nitrogens is 1. The highest BCUT2D eigenvalue weighted by Crippen LogP contribution is 2.22. The molecule has 1 unspecified atom stereocenters. The van der Waals surface area contributed by atoms with Gasteiger partial charge in [0.1, 0.15) is 12.1 Å². The molecule has 0 radical (unpaired) electrons. The summed E-state index contributed by atoms with van der Waals surface area (Å²) >= 11 is 0. The quantitative estimate of drug-likeness (QED) is 0.592. The molecule has 0 bridgehead atoms. The zero-order chi connectivity index (χ0) is 18.8. The number of pyridine rings is 1. The number of piperazine rings is 1. The second-order valence-electron chi connectivity index (χ2n) is 6.52. The first-order valence-electron chi connectivity index (χ1n) is 7.57. The Morgan fingerprint density at radius 1 is 1.28 bits per heavy atom. The lowest BCUT2D eigenvalue weighted by atomic mass is 10.2. The highest BCUT2D eigenvalue weighted by Gasteiger charge is 2.40. The summed E-state index contributed by atoms with van der Waals surface area (Å²) in [5, 5.41) is 22.0. The Labute approximate surface area is 143 Å². The summed E-state index contributed by atoms with van der Waals surface area (Å²) in [6, 6.07) is 2.71. The molecule has 1 aromatic heterocycles. The van der Waals surface area contributed by atoms with Crippen LogP contribution in [0.25, 0.3) is 0 Å². The summed E-state index contributed by atoms with van der Waals surface area (Å²) in [4.78, 5) is 39.5. The normalized spacial score (nSPS) is 18.0. The van der Waals surface area contributed by atoms with Crippen molar-refractivity contribution in [2.24, 2.45) is 0 Å². The average molecular weight is 353 g/mol. The number of amides is 1. The first kappa shape index (κ1) is 18.4. The fraction of sp³-hybridized carbons (Fsp3) is 0.571. The van der Waals surface area contributed by atoms with Crippen LogP contribution in [0.1, 0.15) is 20.8 Å². The lowest BCUT2D eigenvalue weighted by molar-refractivity contribution is -0.544. The van der Waals surface area contributed by atoms with Crippen LogP contribution < -0.4 is 4.90 Å². The molecule has 11 nitrogen and oxygen atoms in total. The fourth-order valence-electron chi connectivity index (χ4n) is 2.39. The Balaban J connectivity index is 2.14. The molecule has 0 saturated carbocycles. The molecule has 1 saturated heterocycles. The van der Waals surface area contributed by atoms with Crippen molar-refractivity contribution in [2.75, 3.05) is 24.5 Å². The SMILES string of the molecule is CC(C)(C)OC(=O)N1CCN(c2ccc([N+](=O)[O-])nc2)CC1[N+](=O)[O-]. The lowest BCUT2D eigenvalue weighted by Crippen LogP contribution is -2.59. The van der Waals surface area contributed by atoms with Crippen LogP contribution in [-0.4, -0.2) is 57.2 Å². The second kappa shape index (κ2) is 6.87. The van der Waals surface area contributed by atoms with Gasteiger partial charge in [-0.3, -0.25) is 10.1 Å². The van der Waals surface area contributed by atoms with Gasteiger partial charge in [0.05, 0.1) is 5.69 Å². The molecular formula is C14H19N5O6. The second-order valence-corrected chi connectivity index (χ2v) is 6.52. The van der Waals surface area contributed by atoms with Gasteiger partial charge in [0.25, 0.3) is 0 Å². The zero-order valence-corrected chi connectivity index (χ0v) is 14.1. The molecule has 0 N–H and O–H groups in total. The lowest BCUT2D eigenvalue weighted by Gasteiger charge is -2.37. The molecule has 0 aromatic carbocycles. The number of ether oxygens (including phenoxy) is 1. The minimum atomic E-state index is -1.28. The van der Waals surface area contributed by atoms with Gasteiger partial charge >= 0.3 is 18.1 Å². The minimum Gasteiger partial charge on any atom is -0.444 e. The van der Waals surface area contributed by atoms with Crippen LogP contribution in [0.3, 0.4) is 0 Å². The number of nitro groups is 2. The molecule has 0 aliphatic carbocycles. The minimum absolute atomic E-state index is 0.0638. The molecule has 2 heterocycles. The van der Waals surface area contributed by atoms with Gasteiger partial charge in [-0.2, -0.15) is 0 Å². The molecule has 136 valence electrons. The van der Waals surface area contributed by atoms with Gasteiger partial charge in [-0.15, -0.1) is 0 Å². The fourth-order valence-corrected chi connectivity index (χ4v) is 2.39. The average Bonchev–Trinajstić information content (AvgIpc) is 2.52. The van der Waals surface area contributed by atoms with Gasteiger partial charge in [-0.05, 0) is 36.7 Å². The number of carbonyl (C=O) groups excluding carboxylic acids is 1. The Bertz CT molecular complexity index is 671. The third-order valence-corrected chi connectivity index (χ3v) is 3.51. The third-order valence-electron chi connectivity index (χ3n) is 3.51. The molecule has 1 fully saturated rings. The standard InChI is InChI=1S/C14H19N5O6/c1-14(2,3)25-13(20)17-7-6-16(9-12(17)19(23)24)10-4-5-11(15-8-10)18(21)22/h4-5,8,12H,6-7,9H2,1-3H3. The maximum absolute atomic E-state index is 12.2. The van der Waals surface area contributed by atoms with Crippen molar-refractivity contribution in [3.8, 4) is 0 Å². The third kappa shape index (κ3) is 4.52. The van der Waals surface area contributed by atoms with Gasteiger partial charge in [-0.25, -0.2) is 9.69 Å². The smallest absolute Gasteiger partial charge is 0.415 e. The number of hydrogen-bond donors (Lipinski definition) is 0. The number of anilines is 1. The van der Waals surface area contributed by atoms with Crippen molar-refractivity contribution in [3.63, 3.8) is 0 Å². The van der Waals surface area contributed by atoms with Gasteiger partial charge in [0.2, 0.25) is 0 Å². The monoisotopic (exact) mass is 353 g/mol. The largest absolute Gasteiger partial charge is 0.444 e. The Kier molecular flexibility index (Phi) is 5.04. The van der Waals surface area contributed by atoms with E-state index in [9.17, 15) is 25.0 Å². The summed E-state index contributed by atoms with van der Waals surface area (Å²) in [7, 11) is 0. The maximum atomic E-state index is 12.2. The number of nitrogens with zero attached hydrogens (tertiary/aromatic N) is 5. The van der Waals surface area contributed by atoms with Crippen LogP contribution >= 0.6 is 0 Å². The van der Waals surface area contributed by atoms with E-state index in [1.165, 1.54) is 18.3 Å². The molecule has 2 rings (SSSR count). The van der Waals surface area contributed by atoms with Gasteiger partial charge < -0.3 is 19.8 Å². The summed E-state index contributed by atoms with van der Waals surface area (Å²) in [6.07, 6.45) is -0.729. The van der Waals surface area contributed by atoms with Crippen molar-refractivity contribution < 1.29 is 19.4 Å². The van der Waals surface area contributed by atoms with Crippen molar-refractivity contribution >= 4 is 17.6 Å². The molecule has 1 aromatic rings. The zero-order valence-electron chi connectivity index (χ0n) is 14.1. The van der Waals surface area contributed by atoms with E-state index >= 15 is 0 Å². The topological polar surface area (TPSA) is 132 Å². The molecular weight excluding hydrogens is 334 g/mol. The molecule has 25 heavy (non-hydrogen) atoms. The first-order valence-corrected chi connectivity index (χ1v) is 7.57. The van der Waals surface area contributed by atoms with Crippen molar-refractivity contribution in [1.82, 2.24) is 9.88 Å². The number of hydrogen-bond acceptors (Lipinski definition) is 8. The van der Waals surface area contributed by atoms with E-state index in [1.807, 2.05) is 0 Å². The number of carbonyl (C=O) groups is 1. The number of rotatable bonds is 3. The van der Waals surface area contributed by atoms with Crippen LogP contribution in [0.2, 0.25) is 0 Å². The van der Waals surface area contributed by atoms with Gasteiger partial charge in [-0.1, -0.05) is 0 Å². The van der Waals surface area contributed by atoms with Crippen LogP contribution in [0.5, 0.6) is 0 Å². The van der Waals surface area contributed by atoms with E-state index in [0.717, 1.165) is 4.90 Å². The molecule has 0 spiro atoms. The maximum Gasteiger partial charge on any atom is 0.415 e.